The normalized spacial score (nSPS) is 13.5. The van der Waals surface area contributed by atoms with Gasteiger partial charge in [-0.1, -0.05) is 0 Å². The molecule has 18 heavy (non-hydrogen) atoms. The van der Waals surface area contributed by atoms with Gasteiger partial charge in [-0.3, -0.25) is 14.7 Å². The number of hydrogen-bond acceptors (Lipinski definition) is 7. The van der Waals surface area contributed by atoms with Crippen LogP contribution in [0.25, 0.3) is 0 Å². The smallest absolute Gasteiger partial charge is 0.403 e. The van der Waals surface area contributed by atoms with Crippen molar-refractivity contribution < 1.29 is 23.0 Å². The third-order valence-electron chi connectivity index (χ3n) is 2.04. The Hall–Kier alpha value is -1.21. The molecule has 1 rings (SSSR count). The van der Waals surface area contributed by atoms with E-state index in [4.69, 9.17) is 19.2 Å². The summed E-state index contributed by atoms with van der Waals surface area (Å²) in [5.74, 6) is -1.67. The highest BCUT2D eigenvalue weighted by Gasteiger charge is 2.37. The topological polar surface area (TPSA) is 118 Å². The van der Waals surface area contributed by atoms with Crippen LogP contribution in [0.1, 0.15) is 25.4 Å². The Morgan fingerprint density at radius 1 is 1.44 bits per heavy atom. The largest absolute Gasteiger partial charge is 0.433 e. The quantitative estimate of drug-likeness (QED) is 0.462. The van der Waals surface area contributed by atoms with Gasteiger partial charge in [0.15, 0.2) is 5.78 Å². The van der Waals surface area contributed by atoms with E-state index in [9.17, 15) is 14.7 Å². The van der Waals surface area contributed by atoms with Gasteiger partial charge < -0.3 is 19.2 Å². The molecule has 0 radical (unpaired) electrons. The van der Waals surface area contributed by atoms with Gasteiger partial charge in [0, 0.05) is 0 Å². The molecule has 0 bridgehead atoms. The van der Waals surface area contributed by atoms with Crippen LogP contribution in [-0.4, -0.2) is 18.1 Å². The van der Waals surface area contributed by atoms with Crippen LogP contribution in [0.4, 0.5) is 5.88 Å². The van der Waals surface area contributed by atoms with Crippen LogP contribution in [0.2, 0.25) is 0 Å². The molecule has 0 saturated carbocycles. The van der Waals surface area contributed by atoms with Crippen molar-refractivity contribution in [2.45, 2.75) is 19.6 Å². The first-order valence-electron chi connectivity index (χ1n) is 5.33. The molecule has 8 nitrogen and oxygen atoms in total. The molecule has 1 atom stereocenters. The van der Waals surface area contributed by atoms with Crippen LogP contribution in [0.15, 0.2) is 16.5 Å². The molecule has 0 aliphatic rings. The van der Waals surface area contributed by atoms with E-state index in [0.717, 1.165) is 6.07 Å². The van der Waals surface area contributed by atoms with E-state index in [2.05, 4.69) is 0 Å². The SMILES string of the molecule is CCOP(=O)(OCC)[C@H](N)c1ccc([N+](=O)[O-])o1. The molecule has 0 unspecified atom stereocenters. The van der Waals surface area contributed by atoms with Gasteiger partial charge >= 0.3 is 13.5 Å². The Balaban J connectivity index is 2.97. The van der Waals surface area contributed by atoms with E-state index in [1.807, 2.05) is 0 Å². The number of furan rings is 1. The Bertz CT molecular complexity index is 450. The molecule has 0 aliphatic carbocycles. The van der Waals surface area contributed by atoms with E-state index >= 15 is 0 Å². The molecule has 9 heteroatoms. The first-order chi connectivity index (χ1) is 8.44. The molecule has 1 aromatic heterocycles. The molecule has 0 saturated heterocycles. The van der Waals surface area contributed by atoms with Crippen molar-refractivity contribution in [2.24, 2.45) is 5.73 Å². The van der Waals surface area contributed by atoms with Gasteiger partial charge in [0.1, 0.15) is 10.7 Å². The zero-order valence-corrected chi connectivity index (χ0v) is 11.0. The van der Waals surface area contributed by atoms with Gasteiger partial charge in [-0.25, -0.2) is 0 Å². The lowest BCUT2D eigenvalue weighted by molar-refractivity contribution is -0.402. The van der Waals surface area contributed by atoms with Crippen molar-refractivity contribution in [1.29, 1.82) is 0 Å². The van der Waals surface area contributed by atoms with Crippen LogP contribution in [0, 0.1) is 10.1 Å². The van der Waals surface area contributed by atoms with Gasteiger partial charge in [0.2, 0.25) is 0 Å². The first kappa shape index (κ1) is 14.8. The molecular weight excluding hydrogens is 263 g/mol. The molecule has 102 valence electrons. The van der Waals surface area contributed by atoms with E-state index in [1.54, 1.807) is 13.8 Å². The maximum atomic E-state index is 12.3. The summed E-state index contributed by atoms with van der Waals surface area (Å²) in [6.45, 7) is 3.58. The number of nitro groups is 1. The summed E-state index contributed by atoms with van der Waals surface area (Å²) >= 11 is 0. The number of hydrogen-bond donors (Lipinski definition) is 1. The van der Waals surface area contributed by atoms with Crippen LogP contribution < -0.4 is 5.73 Å². The number of rotatable bonds is 7. The lowest BCUT2D eigenvalue weighted by Gasteiger charge is -2.21. The Kier molecular flexibility index (Phi) is 5.03. The average molecular weight is 278 g/mol. The summed E-state index contributed by atoms with van der Waals surface area (Å²) in [7, 11) is -3.59. The van der Waals surface area contributed by atoms with Gasteiger partial charge in [0.05, 0.1) is 19.3 Å². The second-order valence-electron chi connectivity index (χ2n) is 3.25. The van der Waals surface area contributed by atoms with Crippen LogP contribution >= 0.6 is 7.60 Å². The minimum atomic E-state index is -3.59. The summed E-state index contributed by atoms with van der Waals surface area (Å²) in [6.07, 6.45) is 0. The van der Waals surface area contributed by atoms with Gasteiger partial charge in [-0.05, 0) is 19.9 Å². The Morgan fingerprint density at radius 2 is 2.00 bits per heavy atom. The molecule has 0 fully saturated rings. The average Bonchev–Trinajstić information content (AvgIpc) is 2.77. The van der Waals surface area contributed by atoms with Crippen LogP contribution in [0.5, 0.6) is 0 Å². The zero-order chi connectivity index (χ0) is 13.8. The van der Waals surface area contributed by atoms with Crippen molar-refractivity contribution in [3.8, 4) is 0 Å². The van der Waals surface area contributed by atoms with E-state index in [0.29, 0.717) is 0 Å². The van der Waals surface area contributed by atoms with Gasteiger partial charge in [0.25, 0.3) is 0 Å². The maximum absolute atomic E-state index is 12.3. The summed E-state index contributed by atoms with van der Waals surface area (Å²) in [5, 5.41) is 10.5. The van der Waals surface area contributed by atoms with Crippen molar-refractivity contribution in [3.05, 3.63) is 28.0 Å². The highest BCUT2D eigenvalue weighted by atomic mass is 31.2. The van der Waals surface area contributed by atoms with E-state index in [1.165, 1.54) is 6.07 Å². The van der Waals surface area contributed by atoms with Gasteiger partial charge in [-0.15, -0.1) is 0 Å². The molecule has 0 amide bonds. The molecule has 1 heterocycles. The van der Waals surface area contributed by atoms with E-state index < -0.39 is 24.2 Å². The molecule has 0 aliphatic heterocycles. The van der Waals surface area contributed by atoms with Crippen LogP contribution in [0.3, 0.4) is 0 Å². The third kappa shape index (κ3) is 3.17. The first-order valence-corrected chi connectivity index (χ1v) is 6.94. The Labute approximate surface area is 104 Å². The third-order valence-corrected chi connectivity index (χ3v) is 4.21. The molecule has 2 N–H and O–H groups in total. The van der Waals surface area contributed by atoms with Gasteiger partial charge in [-0.2, -0.15) is 0 Å². The number of nitrogens with two attached hydrogens (primary N) is 1. The Morgan fingerprint density at radius 3 is 2.39 bits per heavy atom. The molecule has 0 aromatic carbocycles. The fourth-order valence-electron chi connectivity index (χ4n) is 1.31. The number of nitrogens with zero attached hydrogens (tertiary/aromatic N) is 1. The highest BCUT2D eigenvalue weighted by Crippen LogP contribution is 2.58. The fourth-order valence-corrected chi connectivity index (χ4v) is 2.88. The predicted octanol–water partition coefficient (Wildman–Crippen LogP) is 2.41. The monoisotopic (exact) mass is 278 g/mol. The van der Waals surface area contributed by atoms with Crippen molar-refractivity contribution >= 4 is 13.5 Å². The summed E-state index contributed by atoms with van der Waals surface area (Å²) in [6, 6.07) is 2.42. The zero-order valence-electron chi connectivity index (χ0n) is 10.1. The molecule has 0 spiro atoms. The van der Waals surface area contributed by atoms with Crippen LogP contribution in [-0.2, 0) is 13.6 Å². The summed E-state index contributed by atoms with van der Waals surface area (Å²) in [5.41, 5.74) is 5.73. The van der Waals surface area contributed by atoms with E-state index in [-0.39, 0.29) is 19.0 Å². The predicted molar refractivity (Wildman–Crippen MR) is 63.1 cm³/mol. The lowest BCUT2D eigenvalue weighted by atomic mass is 10.4. The van der Waals surface area contributed by atoms with Crippen molar-refractivity contribution in [2.75, 3.05) is 13.2 Å². The lowest BCUT2D eigenvalue weighted by Crippen LogP contribution is -2.14. The molecule has 1 aromatic rings. The van der Waals surface area contributed by atoms with Crippen molar-refractivity contribution in [3.63, 3.8) is 0 Å². The summed E-state index contributed by atoms with van der Waals surface area (Å²) in [4.78, 5) is 9.77. The fraction of sp³-hybridized carbons (Fsp3) is 0.556. The van der Waals surface area contributed by atoms with Crippen molar-refractivity contribution in [1.82, 2.24) is 0 Å². The second-order valence-corrected chi connectivity index (χ2v) is 5.41. The standard InChI is InChI=1S/C9H15N2O6P/c1-3-15-18(14,16-4-2)9(10)7-5-6-8(17-7)11(12)13/h5-6,9H,3-4,10H2,1-2H3/t9-/m0/s1. The minimum Gasteiger partial charge on any atom is -0.403 e. The highest BCUT2D eigenvalue weighted by molar-refractivity contribution is 7.54. The summed E-state index contributed by atoms with van der Waals surface area (Å²) < 4.78 is 27.3. The second kappa shape index (κ2) is 6.10. The minimum absolute atomic E-state index is 0.00747. The maximum Gasteiger partial charge on any atom is 0.433 e. The molecular formula is C9H15N2O6P.